The van der Waals surface area contributed by atoms with Crippen molar-refractivity contribution in [1.82, 2.24) is 14.5 Å². The van der Waals surface area contributed by atoms with Gasteiger partial charge in [-0.3, -0.25) is 14.2 Å². The van der Waals surface area contributed by atoms with Crippen molar-refractivity contribution in [2.75, 3.05) is 13.1 Å². The molecule has 0 radical (unpaired) electrons. The first-order valence-corrected chi connectivity index (χ1v) is 8.36. The molecule has 0 fully saturated rings. The van der Waals surface area contributed by atoms with Gasteiger partial charge in [-0.2, -0.15) is 13.2 Å². The highest BCUT2D eigenvalue weighted by atomic mass is 32.1. The van der Waals surface area contributed by atoms with E-state index in [-0.39, 0.29) is 25.1 Å². The Balaban J connectivity index is 2.17. The third kappa shape index (κ3) is 4.47. The molecule has 0 N–H and O–H groups in total. The Hall–Kier alpha value is -2.16. The fraction of sp³-hybridized carbons (Fsp3) is 0.438. The van der Waals surface area contributed by atoms with Crippen molar-refractivity contribution in [1.29, 1.82) is 0 Å². The summed E-state index contributed by atoms with van der Waals surface area (Å²) in [5.41, 5.74) is 0.550. The standard InChI is InChI=1S/C16H18F3N3O2S/c1-4-6-21(8-16(17,18)19)12(23)5-7-22-9-20-14-13(15(22)24)10(2)11(3)25-14/h4,9H,1,5-8H2,2-3H3. The van der Waals surface area contributed by atoms with Gasteiger partial charge in [0.05, 0.1) is 11.7 Å². The first kappa shape index (κ1) is 19.2. The molecule has 0 saturated heterocycles. The van der Waals surface area contributed by atoms with Gasteiger partial charge in [0.1, 0.15) is 11.4 Å². The second-order valence-electron chi connectivity index (χ2n) is 5.63. The van der Waals surface area contributed by atoms with E-state index in [1.807, 2.05) is 13.8 Å². The molecule has 0 spiro atoms. The summed E-state index contributed by atoms with van der Waals surface area (Å²) in [7, 11) is 0. The highest BCUT2D eigenvalue weighted by molar-refractivity contribution is 7.18. The van der Waals surface area contributed by atoms with Crippen LogP contribution in [-0.2, 0) is 11.3 Å². The van der Waals surface area contributed by atoms with Gasteiger partial charge in [0.15, 0.2) is 0 Å². The molecule has 0 bridgehead atoms. The van der Waals surface area contributed by atoms with Crippen LogP contribution in [0.3, 0.4) is 0 Å². The summed E-state index contributed by atoms with van der Waals surface area (Å²) in [4.78, 5) is 31.1. The fourth-order valence-corrected chi connectivity index (χ4v) is 3.42. The molecule has 25 heavy (non-hydrogen) atoms. The molecule has 0 aromatic carbocycles. The van der Waals surface area contributed by atoms with E-state index in [0.29, 0.717) is 15.1 Å². The summed E-state index contributed by atoms with van der Waals surface area (Å²) in [6.07, 6.45) is -2.14. The van der Waals surface area contributed by atoms with Gasteiger partial charge in [0, 0.05) is 24.4 Å². The van der Waals surface area contributed by atoms with Crippen molar-refractivity contribution < 1.29 is 18.0 Å². The molecule has 2 aromatic rings. The Bertz CT molecular complexity index is 855. The average Bonchev–Trinajstić information content (AvgIpc) is 2.80. The van der Waals surface area contributed by atoms with Crippen LogP contribution < -0.4 is 5.56 Å². The maximum absolute atomic E-state index is 12.5. The summed E-state index contributed by atoms with van der Waals surface area (Å²) in [5.74, 6) is -0.692. The third-order valence-electron chi connectivity index (χ3n) is 3.79. The normalized spacial score (nSPS) is 11.7. The first-order valence-electron chi connectivity index (χ1n) is 7.54. The molecular weight excluding hydrogens is 355 g/mol. The van der Waals surface area contributed by atoms with E-state index in [1.54, 1.807) is 0 Å². The lowest BCUT2D eigenvalue weighted by Crippen LogP contribution is -2.39. The van der Waals surface area contributed by atoms with Gasteiger partial charge in [0.2, 0.25) is 5.91 Å². The molecule has 5 nitrogen and oxygen atoms in total. The van der Waals surface area contributed by atoms with Crippen molar-refractivity contribution in [3.8, 4) is 0 Å². The number of hydrogen-bond acceptors (Lipinski definition) is 4. The van der Waals surface area contributed by atoms with E-state index in [0.717, 1.165) is 10.4 Å². The minimum atomic E-state index is -4.48. The predicted molar refractivity (Wildman–Crippen MR) is 90.8 cm³/mol. The Morgan fingerprint density at radius 2 is 2.12 bits per heavy atom. The van der Waals surface area contributed by atoms with Crippen LogP contribution in [0, 0.1) is 13.8 Å². The molecule has 0 atom stereocenters. The van der Waals surface area contributed by atoms with Gasteiger partial charge in [0.25, 0.3) is 5.56 Å². The Morgan fingerprint density at radius 3 is 2.72 bits per heavy atom. The lowest BCUT2D eigenvalue weighted by atomic mass is 10.2. The third-order valence-corrected chi connectivity index (χ3v) is 4.91. The van der Waals surface area contributed by atoms with Crippen LogP contribution in [-0.4, -0.2) is 39.6 Å². The molecule has 2 rings (SSSR count). The summed E-state index contributed by atoms with van der Waals surface area (Å²) in [5, 5.41) is 0.496. The number of thiophene rings is 1. The van der Waals surface area contributed by atoms with Crippen molar-refractivity contribution in [2.45, 2.75) is 33.0 Å². The van der Waals surface area contributed by atoms with Crippen molar-refractivity contribution >= 4 is 27.5 Å². The average molecular weight is 373 g/mol. The van der Waals surface area contributed by atoms with Crippen LogP contribution in [0.5, 0.6) is 0 Å². The van der Waals surface area contributed by atoms with E-state index >= 15 is 0 Å². The van der Waals surface area contributed by atoms with Crippen LogP contribution >= 0.6 is 11.3 Å². The number of amides is 1. The van der Waals surface area contributed by atoms with Gasteiger partial charge in [-0.25, -0.2) is 4.98 Å². The van der Waals surface area contributed by atoms with Gasteiger partial charge < -0.3 is 4.90 Å². The van der Waals surface area contributed by atoms with E-state index in [2.05, 4.69) is 11.6 Å². The van der Waals surface area contributed by atoms with E-state index in [9.17, 15) is 22.8 Å². The number of carbonyl (C=O) groups is 1. The minimum absolute atomic E-state index is 0.0273. The highest BCUT2D eigenvalue weighted by Crippen LogP contribution is 2.25. The van der Waals surface area contributed by atoms with Crippen LogP contribution in [0.4, 0.5) is 13.2 Å². The lowest BCUT2D eigenvalue weighted by molar-refractivity contribution is -0.160. The second kappa shape index (κ2) is 7.38. The number of nitrogens with zero attached hydrogens (tertiary/aromatic N) is 3. The summed E-state index contributed by atoms with van der Waals surface area (Å²) < 4.78 is 38.9. The first-order chi connectivity index (χ1) is 11.6. The molecule has 0 unspecified atom stereocenters. The molecule has 9 heteroatoms. The van der Waals surface area contributed by atoms with E-state index < -0.39 is 18.6 Å². The zero-order chi connectivity index (χ0) is 18.8. The predicted octanol–water partition coefficient (Wildman–Crippen LogP) is 3.04. The zero-order valence-corrected chi connectivity index (χ0v) is 14.7. The highest BCUT2D eigenvalue weighted by Gasteiger charge is 2.32. The topological polar surface area (TPSA) is 55.2 Å². The monoisotopic (exact) mass is 373 g/mol. The number of fused-ring (bicyclic) bond motifs is 1. The number of rotatable bonds is 6. The maximum Gasteiger partial charge on any atom is 0.406 e. The van der Waals surface area contributed by atoms with Gasteiger partial charge in [-0.05, 0) is 19.4 Å². The number of carbonyl (C=O) groups excluding carboxylic acids is 1. The zero-order valence-electron chi connectivity index (χ0n) is 13.9. The van der Waals surface area contributed by atoms with Crippen molar-refractivity contribution in [2.24, 2.45) is 0 Å². The number of aryl methyl sites for hydroxylation is 3. The summed E-state index contributed by atoms with van der Waals surface area (Å²) in [6.45, 7) is 5.51. The molecule has 0 saturated carbocycles. The number of alkyl halides is 3. The van der Waals surface area contributed by atoms with E-state index in [4.69, 9.17) is 0 Å². The molecule has 1 amide bonds. The quantitative estimate of drug-likeness (QED) is 0.732. The number of hydrogen-bond donors (Lipinski definition) is 0. The van der Waals surface area contributed by atoms with Crippen molar-refractivity contribution in [3.63, 3.8) is 0 Å². The van der Waals surface area contributed by atoms with Gasteiger partial charge in [-0.15, -0.1) is 17.9 Å². The van der Waals surface area contributed by atoms with Crippen LogP contribution in [0.1, 0.15) is 16.9 Å². The fourth-order valence-electron chi connectivity index (χ4n) is 2.43. The summed E-state index contributed by atoms with van der Waals surface area (Å²) in [6, 6.07) is 0. The number of halogens is 3. The van der Waals surface area contributed by atoms with Crippen molar-refractivity contribution in [3.05, 3.63) is 39.8 Å². The van der Waals surface area contributed by atoms with Crippen LogP contribution in [0.2, 0.25) is 0 Å². The minimum Gasteiger partial charge on any atom is -0.330 e. The SMILES string of the molecule is C=CCN(CC(F)(F)F)C(=O)CCn1cnc2sc(C)c(C)c2c1=O. The largest absolute Gasteiger partial charge is 0.406 e. The maximum atomic E-state index is 12.5. The number of aromatic nitrogens is 2. The Kier molecular flexibility index (Phi) is 5.66. The Morgan fingerprint density at radius 1 is 1.44 bits per heavy atom. The smallest absolute Gasteiger partial charge is 0.330 e. The second-order valence-corrected chi connectivity index (χ2v) is 6.84. The summed E-state index contributed by atoms with van der Waals surface area (Å²) >= 11 is 1.41. The molecule has 2 aromatic heterocycles. The lowest BCUT2D eigenvalue weighted by Gasteiger charge is -2.22. The molecule has 0 aliphatic rings. The Labute approximate surface area is 146 Å². The molecule has 0 aliphatic carbocycles. The molecule has 136 valence electrons. The van der Waals surface area contributed by atoms with Crippen LogP contribution in [0.15, 0.2) is 23.8 Å². The van der Waals surface area contributed by atoms with Gasteiger partial charge in [-0.1, -0.05) is 6.08 Å². The van der Waals surface area contributed by atoms with Gasteiger partial charge >= 0.3 is 6.18 Å². The molecule has 0 aliphatic heterocycles. The van der Waals surface area contributed by atoms with Crippen LogP contribution in [0.25, 0.3) is 10.2 Å². The molecular formula is C16H18F3N3O2S. The molecule has 2 heterocycles. The van der Waals surface area contributed by atoms with E-state index in [1.165, 1.54) is 28.3 Å².